The number of halogens is 4. The third kappa shape index (κ3) is 5.82. The zero-order valence-corrected chi connectivity index (χ0v) is 22.2. The largest absolute Gasteiger partial charge is 0.374 e. The lowest BCUT2D eigenvalue weighted by molar-refractivity contribution is -0.133. The number of aromatic nitrogens is 2. The summed E-state index contributed by atoms with van der Waals surface area (Å²) >= 11 is 6.48. The van der Waals surface area contributed by atoms with Gasteiger partial charge in [-0.2, -0.15) is 5.26 Å². The van der Waals surface area contributed by atoms with Gasteiger partial charge >= 0.3 is 0 Å². The summed E-state index contributed by atoms with van der Waals surface area (Å²) < 4.78 is 41.6. The SMILES string of the molecule is N#Cc1ccnc(N2C(O)CCC2C(=O)N(c2cncc(F)c2)C(C(=O)NC2CC(F)(F)C2)c2ccccc2Cl)c1. The van der Waals surface area contributed by atoms with Crippen LogP contribution in [-0.2, 0) is 9.59 Å². The molecule has 0 bridgehead atoms. The molecule has 3 unspecified atom stereocenters. The molecule has 3 aromatic rings. The Morgan fingerprint density at radius 3 is 2.63 bits per heavy atom. The highest BCUT2D eigenvalue weighted by atomic mass is 35.5. The number of hydrogen-bond donors (Lipinski definition) is 2. The minimum atomic E-state index is -2.91. The molecule has 1 saturated carbocycles. The van der Waals surface area contributed by atoms with Crippen LogP contribution in [-0.4, -0.2) is 51.1 Å². The Morgan fingerprint density at radius 1 is 1.20 bits per heavy atom. The predicted molar refractivity (Wildman–Crippen MR) is 142 cm³/mol. The number of rotatable bonds is 7. The molecule has 0 radical (unpaired) electrons. The number of anilines is 2. The molecular weight excluding hydrogens is 561 g/mol. The van der Waals surface area contributed by atoms with E-state index in [-0.39, 0.29) is 40.5 Å². The minimum absolute atomic E-state index is 0.0888. The average Bonchev–Trinajstić information content (AvgIpc) is 3.32. The topological polar surface area (TPSA) is 122 Å². The van der Waals surface area contributed by atoms with Crippen LogP contribution in [0.5, 0.6) is 0 Å². The molecule has 1 aliphatic heterocycles. The Hall–Kier alpha value is -4.21. The molecule has 0 spiro atoms. The van der Waals surface area contributed by atoms with E-state index in [1.807, 2.05) is 6.07 Å². The van der Waals surface area contributed by atoms with Gasteiger partial charge in [-0.15, -0.1) is 0 Å². The maximum atomic E-state index is 14.5. The molecule has 212 valence electrons. The Morgan fingerprint density at radius 2 is 1.95 bits per heavy atom. The van der Waals surface area contributed by atoms with Crippen LogP contribution in [0.1, 0.15) is 42.9 Å². The van der Waals surface area contributed by atoms with Crippen molar-refractivity contribution < 1.29 is 27.9 Å². The molecule has 41 heavy (non-hydrogen) atoms. The van der Waals surface area contributed by atoms with Gasteiger partial charge in [0.25, 0.3) is 11.8 Å². The van der Waals surface area contributed by atoms with Crippen molar-refractivity contribution in [2.45, 2.75) is 56.0 Å². The van der Waals surface area contributed by atoms with Crippen LogP contribution in [0.4, 0.5) is 24.7 Å². The van der Waals surface area contributed by atoms with E-state index in [1.54, 1.807) is 12.1 Å². The summed E-state index contributed by atoms with van der Waals surface area (Å²) in [6, 6.07) is 8.66. The van der Waals surface area contributed by atoms with Crippen molar-refractivity contribution in [2.24, 2.45) is 0 Å². The van der Waals surface area contributed by atoms with E-state index in [0.717, 1.165) is 17.2 Å². The summed E-state index contributed by atoms with van der Waals surface area (Å²) in [6.07, 6.45) is 1.50. The number of aliphatic hydroxyl groups excluding tert-OH is 1. The Bertz CT molecular complexity index is 1510. The number of hydrogen-bond acceptors (Lipinski definition) is 7. The number of alkyl halides is 2. The predicted octanol–water partition coefficient (Wildman–Crippen LogP) is 4.12. The van der Waals surface area contributed by atoms with Crippen LogP contribution in [0, 0.1) is 17.1 Å². The van der Waals surface area contributed by atoms with Gasteiger partial charge in [0.15, 0.2) is 0 Å². The number of nitrogens with one attached hydrogen (secondary N) is 1. The third-order valence-corrected chi connectivity index (χ3v) is 7.47. The number of nitriles is 1. The van der Waals surface area contributed by atoms with Crippen molar-refractivity contribution >= 4 is 34.9 Å². The van der Waals surface area contributed by atoms with Crippen LogP contribution >= 0.6 is 11.6 Å². The maximum Gasteiger partial charge on any atom is 0.252 e. The molecule has 2 fully saturated rings. The van der Waals surface area contributed by atoms with E-state index in [1.165, 1.54) is 41.6 Å². The summed E-state index contributed by atoms with van der Waals surface area (Å²) in [4.78, 5) is 38.6. The van der Waals surface area contributed by atoms with Crippen molar-refractivity contribution in [3.63, 3.8) is 0 Å². The van der Waals surface area contributed by atoms with Crippen molar-refractivity contribution in [3.8, 4) is 6.07 Å². The van der Waals surface area contributed by atoms with Crippen molar-refractivity contribution in [1.29, 1.82) is 5.26 Å². The van der Waals surface area contributed by atoms with Gasteiger partial charge < -0.3 is 15.3 Å². The van der Waals surface area contributed by atoms with Crippen molar-refractivity contribution in [2.75, 3.05) is 9.80 Å². The zero-order valence-electron chi connectivity index (χ0n) is 21.4. The van der Waals surface area contributed by atoms with Gasteiger partial charge in [-0.25, -0.2) is 18.2 Å². The first-order valence-corrected chi connectivity index (χ1v) is 13.1. The van der Waals surface area contributed by atoms with Crippen LogP contribution in [0.15, 0.2) is 61.1 Å². The fraction of sp³-hybridized carbons (Fsp3) is 0.321. The molecule has 2 aliphatic rings. The summed E-state index contributed by atoms with van der Waals surface area (Å²) in [5.41, 5.74) is 0.330. The Labute approximate surface area is 238 Å². The second kappa shape index (κ2) is 11.3. The minimum Gasteiger partial charge on any atom is -0.374 e. The Kier molecular flexibility index (Phi) is 7.84. The normalized spacial score (nSPS) is 20.5. The number of carbonyl (C=O) groups excluding carboxylic acids is 2. The number of carbonyl (C=O) groups is 2. The van der Waals surface area contributed by atoms with E-state index in [0.29, 0.717) is 0 Å². The molecule has 2 aromatic heterocycles. The highest BCUT2D eigenvalue weighted by Crippen LogP contribution is 2.40. The van der Waals surface area contributed by atoms with Gasteiger partial charge in [-0.3, -0.25) is 19.5 Å². The average molecular weight is 585 g/mol. The second-order valence-corrected chi connectivity index (χ2v) is 10.4. The molecule has 5 rings (SSSR count). The van der Waals surface area contributed by atoms with Gasteiger partial charge in [0, 0.05) is 41.7 Å². The number of nitrogens with zero attached hydrogens (tertiary/aromatic N) is 5. The van der Waals surface area contributed by atoms with Gasteiger partial charge in [0.05, 0.1) is 29.7 Å². The number of pyridine rings is 2. The first-order valence-electron chi connectivity index (χ1n) is 12.8. The first-order chi connectivity index (χ1) is 19.6. The quantitative estimate of drug-likeness (QED) is 0.428. The lowest BCUT2D eigenvalue weighted by Gasteiger charge is -2.39. The lowest BCUT2D eigenvalue weighted by Crippen LogP contribution is -2.56. The standard InChI is InChI=1S/C28H24ClF3N6O3/c29-21-4-2-1-3-20(21)25(26(40)36-18-11-28(31,32)12-18)37(19-10-17(30)14-34-15-19)27(41)22-5-6-24(39)38(22)23-9-16(13-33)7-8-35-23/h1-4,7-10,14-15,18,22,24-25,39H,5-6,11-12H2,(H,36,40). The third-order valence-electron chi connectivity index (χ3n) is 7.13. The molecule has 2 N–H and O–H groups in total. The number of aliphatic hydroxyl groups is 1. The van der Waals surface area contributed by atoms with E-state index in [4.69, 9.17) is 11.6 Å². The van der Waals surface area contributed by atoms with E-state index in [2.05, 4.69) is 15.3 Å². The number of benzene rings is 1. The molecule has 9 nitrogen and oxygen atoms in total. The van der Waals surface area contributed by atoms with Gasteiger partial charge in [-0.1, -0.05) is 29.8 Å². The van der Waals surface area contributed by atoms with Gasteiger partial charge in [0.1, 0.15) is 29.9 Å². The fourth-order valence-corrected chi connectivity index (χ4v) is 5.45. The fourth-order valence-electron chi connectivity index (χ4n) is 5.21. The van der Waals surface area contributed by atoms with E-state index < -0.39 is 60.7 Å². The summed E-state index contributed by atoms with van der Waals surface area (Å²) in [6.45, 7) is 0. The summed E-state index contributed by atoms with van der Waals surface area (Å²) in [7, 11) is 0. The van der Waals surface area contributed by atoms with Crippen molar-refractivity contribution in [1.82, 2.24) is 15.3 Å². The monoisotopic (exact) mass is 584 g/mol. The van der Waals surface area contributed by atoms with Crippen LogP contribution in [0.2, 0.25) is 5.02 Å². The summed E-state index contributed by atoms with van der Waals surface area (Å²) in [5, 5.41) is 22.9. The van der Waals surface area contributed by atoms with E-state index in [9.17, 15) is 33.1 Å². The van der Waals surface area contributed by atoms with Gasteiger partial charge in [0.2, 0.25) is 5.91 Å². The lowest BCUT2D eigenvalue weighted by atomic mass is 9.87. The highest BCUT2D eigenvalue weighted by molar-refractivity contribution is 6.31. The molecule has 1 aromatic carbocycles. The second-order valence-electron chi connectivity index (χ2n) is 9.96. The van der Waals surface area contributed by atoms with Crippen LogP contribution < -0.4 is 15.1 Å². The zero-order chi connectivity index (χ0) is 29.3. The van der Waals surface area contributed by atoms with Crippen LogP contribution in [0.3, 0.4) is 0 Å². The molecular formula is C28H24ClF3N6O3. The molecule has 2 amide bonds. The molecule has 1 aliphatic carbocycles. The Balaban J connectivity index is 1.60. The molecule has 13 heteroatoms. The van der Waals surface area contributed by atoms with E-state index >= 15 is 0 Å². The smallest absolute Gasteiger partial charge is 0.252 e. The van der Waals surface area contributed by atoms with Gasteiger partial charge in [-0.05, 0) is 31.0 Å². The maximum absolute atomic E-state index is 14.5. The highest BCUT2D eigenvalue weighted by Gasteiger charge is 2.48. The number of amides is 2. The van der Waals surface area contributed by atoms with Crippen molar-refractivity contribution in [3.05, 3.63) is 83.0 Å². The summed E-state index contributed by atoms with van der Waals surface area (Å²) in [5.74, 6) is -5.07. The van der Waals surface area contributed by atoms with Crippen LogP contribution in [0.25, 0.3) is 0 Å². The molecule has 1 saturated heterocycles. The molecule has 3 heterocycles. The first kappa shape index (κ1) is 28.3. The molecule has 3 atom stereocenters.